The lowest BCUT2D eigenvalue weighted by atomic mass is 9.78. The Bertz CT molecular complexity index is 650. The van der Waals surface area contributed by atoms with Crippen LogP contribution in [0.1, 0.15) is 41.6 Å². The van der Waals surface area contributed by atoms with Gasteiger partial charge in [0, 0.05) is 24.4 Å². The Labute approximate surface area is 160 Å². The van der Waals surface area contributed by atoms with Crippen LogP contribution in [0.15, 0.2) is 18.2 Å². The van der Waals surface area contributed by atoms with Crippen molar-refractivity contribution < 1.29 is 14.3 Å². The first kappa shape index (κ1) is 20.7. The molecule has 3 N–H and O–H groups in total. The molecule has 1 saturated carbocycles. The van der Waals surface area contributed by atoms with E-state index in [2.05, 4.69) is 16.0 Å². The molecule has 1 aromatic rings. The fourth-order valence-corrected chi connectivity index (χ4v) is 3.27. The van der Waals surface area contributed by atoms with E-state index in [1.54, 1.807) is 19.2 Å². The highest BCUT2D eigenvalue weighted by Crippen LogP contribution is 2.31. The van der Waals surface area contributed by atoms with Crippen LogP contribution in [0.3, 0.4) is 0 Å². The summed E-state index contributed by atoms with van der Waals surface area (Å²) in [7, 11) is 1.63. The third kappa shape index (κ3) is 4.75. The van der Waals surface area contributed by atoms with Crippen LogP contribution in [0.2, 0.25) is 0 Å². The lowest BCUT2D eigenvalue weighted by Crippen LogP contribution is -2.47. The molecule has 0 unspecified atom stereocenters. The summed E-state index contributed by atoms with van der Waals surface area (Å²) < 4.78 is 5.33. The maximum Gasteiger partial charge on any atom is 0.251 e. The molecule has 1 saturated heterocycles. The summed E-state index contributed by atoms with van der Waals surface area (Å²) in [6, 6.07) is 5.76. The van der Waals surface area contributed by atoms with Crippen molar-refractivity contribution in [1.29, 1.82) is 0 Å². The molecule has 0 aromatic heterocycles. The van der Waals surface area contributed by atoms with Crippen molar-refractivity contribution in [2.45, 2.75) is 38.6 Å². The third-order valence-corrected chi connectivity index (χ3v) is 5.12. The van der Waals surface area contributed by atoms with Crippen LogP contribution in [0.5, 0.6) is 0 Å². The maximum atomic E-state index is 13.0. The Balaban J connectivity index is 0.00000243. The summed E-state index contributed by atoms with van der Waals surface area (Å²) in [6.07, 6.45) is 3.59. The van der Waals surface area contributed by atoms with Gasteiger partial charge in [-0.15, -0.1) is 12.4 Å². The zero-order valence-electron chi connectivity index (χ0n) is 15.4. The first-order valence-corrected chi connectivity index (χ1v) is 8.97. The van der Waals surface area contributed by atoms with Gasteiger partial charge in [0.25, 0.3) is 5.91 Å². The van der Waals surface area contributed by atoms with E-state index in [9.17, 15) is 9.59 Å². The molecule has 1 aromatic carbocycles. The number of halogens is 1. The van der Waals surface area contributed by atoms with Crippen molar-refractivity contribution in [3.63, 3.8) is 0 Å². The molecule has 7 heteroatoms. The number of amides is 2. The number of nitrogens with one attached hydrogen (secondary N) is 3. The Morgan fingerprint density at radius 2 is 1.96 bits per heavy atom. The maximum absolute atomic E-state index is 13.0. The summed E-state index contributed by atoms with van der Waals surface area (Å²) in [5.41, 5.74) is 1.71. The monoisotopic (exact) mass is 381 g/mol. The number of aryl methyl sites for hydroxylation is 1. The van der Waals surface area contributed by atoms with Crippen molar-refractivity contribution in [3.05, 3.63) is 29.3 Å². The number of rotatable bonds is 6. The molecular formula is C19H28ClN3O3. The van der Waals surface area contributed by atoms with Gasteiger partial charge in [0.2, 0.25) is 5.91 Å². The number of hydrogen-bond acceptors (Lipinski definition) is 4. The van der Waals surface area contributed by atoms with E-state index >= 15 is 0 Å². The second kappa shape index (κ2) is 8.84. The molecule has 3 rings (SSSR count). The molecule has 2 aliphatic rings. The number of carbonyl (C=O) groups excluding carboxylic acids is 2. The quantitative estimate of drug-likeness (QED) is 0.706. The fourth-order valence-electron chi connectivity index (χ4n) is 3.27. The van der Waals surface area contributed by atoms with Crippen molar-refractivity contribution in [2.75, 3.05) is 32.1 Å². The van der Waals surface area contributed by atoms with Gasteiger partial charge in [0.1, 0.15) is 0 Å². The van der Waals surface area contributed by atoms with E-state index in [-0.39, 0.29) is 24.2 Å². The normalized spacial score (nSPS) is 18.5. The van der Waals surface area contributed by atoms with Crippen molar-refractivity contribution in [3.8, 4) is 0 Å². The Kier molecular flexibility index (Phi) is 7.03. The van der Waals surface area contributed by atoms with Crippen LogP contribution in [-0.4, -0.2) is 44.7 Å². The SMILES string of the molecule is COCC1(C(=O)Nc2cc(C(=O)NC3CC3)ccc2C)CCNCC1.Cl. The number of anilines is 1. The number of ether oxygens (including phenoxy) is 1. The van der Waals surface area contributed by atoms with E-state index in [0.29, 0.717) is 23.9 Å². The zero-order chi connectivity index (χ0) is 17.9. The molecule has 1 heterocycles. The average Bonchev–Trinajstić information content (AvgIpc) is 3.41. The Morgan fingerprint density at radius 3 is 2.58 bits per heavy atom. The lowest BCUT2D eigenvalue weighted by Gasteiger charge is -2.35. The molecular weight excluding hydrogens is 354 g/mol. The fraction of sp³-hybridized carbons (Fsp3) is 0.579. The van der Waals surface area contributed by atoms with E-state index in [0.717, 1.165) is 44.3 Å². The standard InChI is InChI=1S/C19H27N3O3.ClH/c1-13-3-4-14(17(23)21-15-5-6-15)11-16(13)22-18(24)19(12-25-2)7-9-20-10-8-19;/h3-4,11,15,20H,5-10,12H2,1-2H3,(H,21,23)(H,22,24);1H. The average molecular weight is 382 g/mol. The highest BCUT2D eigenvalue weighted by molar-refractivity contribution is 5.99. The van der Waals surface area contributed by atoms with Crippen LogP contribution in [0.25, 0.3) is 0 Å². The Morgan fingerprint density at radius 1 is 1.27 bits per heavy atom. The highest BCUT2D eigenvalue weighted by Gasteiger charge is 2.39. The number of benzene rings is 1. The van der Waals surface area contributed by atoms with Crippen LogP contribution in [0.4, 0.5) is 5.69 Å². The van der Waals surface area contributed by atoms with Gasteiger partial charge in [-0.05, 0) is 63.4 Å². The highest BCUT2D eigenvalue weighted by atomic mass is 35.5. The summed E-state index contributed by atoms with van der Waals surface area (Å²) in [4.78, 5) is 25.2. The van der Waals surface area contributed by atoms with Crippen LogP contribution in [0, 0.1) is 12.3 Å². The minimum absolute atomic E-state index is 0. The van der Waals surface area contributed by atoms with Crippen molar-refractivity contribution in [1.82, 2.24) is 10.6 Å². The van der Waals surface area contributed by atoms with E-state index in [1.807, 2.05) is 13.0 Å². The zero-order valence-corrected chi connectivity index (χ0v) is 16.2. The van der Waals surface area contributed by atoms with Gasteiger partial charge in [-0.1, -0.05) is 6.07 Å². The smallest absolute Gasteiger partial charge is 0.251 e. The number of carbonyl (C=O) groups is 2. The summed E-state index contributed by atoms with van der Waals surface area (Å²) in [6.45, 7) is 3.95. The van der Waals surface area contributed by atoms with E-state index in [4.69, 9.17) is 4.74 Å². The van der Waals surface area contributed by atoms with E-state index in [1.165, 1.54) is 0 Å². The van der Waals surface area contributed by atoms with Gasteiger partial charge >= 0.3 is 0 Å². The van der Waals surface area contributed by atoms with Crippen molar-refractivity contribution >= 4 is 29.9 Å². The molecule has 0 radical (unpaired) electrons. The van der Waals surface area contributed by atoms with E-state index < -0.39 is 5.41 Å². The minimum Gasteiger partial charge on any atom is -0.384 e. The summed E-state index contributed by atoms with van der Waals surface area (Å²) >= 11 is 0. The number of piperidine rings is 1. The summed E-state index contributed by atoms with van der Waals surface area (Å²) in [5, 5.41) is 9.31. The minimum atomic E-state index is -0.515. The number of hydrogen-bond donors (Lipinski definition) is 3. The van der Waals surface area contributed by atoms with Crippen LogP contribution >= 0.6 is 12.4 Å². The molecule has 6 nitrogen and oxygen atoms in total. The third-order valence-electron chi connectivity index (χ3n) is 5.12. The first-order valence-electron chi connectivity index (χ1n) is 8.97. The predicted molar refractivity (Wildman–Crippen MR) is 104 cm³/mol. The van der Waals surface area contributed by atoms with Gasteiger partial charge < -0.3 is 20.7 Å². The molecule has 0 spiro atoms. The molecule has 0 bridgehead atoms. The van der Waals surface area contributed by atoms with Crippen LogP contribution in [-0.2, 0) is 9.53 Å². The van der Waals surface area contributed by atoms with Crippen molar-refractivity contribution in [2.24, 2.45) is 5.41 Å². The predicted octanol–water partition coefficient (Wildman–Crippen LogP) is 2.26. The molecule has 1 aliphatic heterocycles. The second-order valence-electron chi connectivity index (χ2n) is 7.19. The largest absolute Gasteiger partial charge is 0.384 e. The molecule has 0 atom stereocenters. The van der Waals surface area contributed by atoms with Gasteiger partial charge in [-0.3, -0.25) is 9.59 Å². The van der Waals surface area contributed by atoms with Gasteiger partial charge in [0.15, 0.2) is 0 Å². The van der Waals surface area contributed by atoms with Gasteiger partial charge in [-0.2, -0.15) is 0 Å². The van der Waals surface area contributed by atoms with Crippen LogP contribution < -0.4 is 16.0 Å². The van der Waals surface area contributed by atoms with Gasteiger partial charge in [0.05, 0.1) is 12.0 Å². The van der Waals surface area contributed by atoms with Gasteiger partial charge in [-0.25, -0.2) is 0 Å². The lowest BCUT2D eigenvalue weighted by molar-refractivity contribution is -0.130. The molecule has 144 valence electrons. The second-order valence-corrected chi connectivity index (χ2v) is 7.19. The molecule has 2 fully saturated rings. The molecule has 2 amide bonds. The molecule has 1 aliphatic carbocycles. The summed E-state index contributed by atoms with van der Waals surface area (Å²) in [5.74, 6) is -0.106. The number of methoxy groups -OCH3 is 1. The Hall–Kier alpha value is -1.63. The molecule has 26 heavy (non-hydrogen) atoms. The first-order chi connectivity index (χ1) is 12.0. The topological polar surface area (TPSA) is 79.5 Å².